The number of carbonyl (C=O) groups excluding carboxylic acids is 2. The van der Waals surface area contributed by atoms with Crippen LogP contribution in [0.15, 0.2) is 11.4 Å². The Labute approximate surface area is 139 Å². The number of hydrogen-bond acceptors (Lipinski definition) is 6. The Morgan fingerprint density at radius 3 is 2.65 bits per heavy atom. The van der Waals surface area contributed by atoms with Gasteiger partial charge in [0.05, 0.1) is 19.1 Å². The number of thiophene rings is 1. The summed E-state index contributed by atoms with van der Waals surface area (Å²) in [5, 5.41) is 4.38. The van der Waals surface area contributed by atoms with E-state index in [1.165, 1.54) is 22.8 Å². The van der Waals surface area contributed by atoms with E-state index in [1.807, 2.05) is 0 Å². The number of esters is 1. The first-order chi connectivity index (χ1) is 10.8. The zero-order valence-corrected chi connectivity index (χ0v) is 14.6. The first-order valence-electron chi connectivity index (χ1n) is 7.00. The van der Waals surface area contributed by atoms with E-state index in [0.717, 1.165) is 6.26 Å². The van der Waals surface area contributed by atoms with E-state index in [2.05, 4.69) is 10.1 Å². The van der Waals surface area contributed by atoms with E-state index >= 15 is 0 Å². The Morgan fingerprint density at radius 2 is 2.00 bits per heavy atom. The Morgan fingerprint density at radius 1 is 1.26 bits per heavy atom. The molecule has 0 radical (unpaired) electrons. The van der Waals surface area contributed by atoms with E-state index < -0.39 is 16.0 Å². The van der Waals surface area contributed by atoms with E-state index in [1.54, 1.807) is 16.3 Å². The number of methoxy groups -OCH3 is 1. The van der Waals surface area contributed by atoms with Crippen molar-refractivity contribution in [1.29, 1.82) is 0 Å². The highest BCUT2D eigenvalue weighted by molar-refractivity contribution is 7.88. The van der Waals surface area contributed by atoms with Gasteiger partial charge in [0.1, 0.15) is 4.88 Å². The van der Waals surface area contributed by atoms with Gasteiger partial charge in [-0.05, 0) is 17.9 Å². The van der Waals surface area contributed by atoms with Crippen LogP contribution in [-0.4, -0.2) is 69.2 Å². The molecule has 0 atom stereocenters. The molecule has 8 nitrogen and oxygen atoms in total. The summed E-state index contributed by atoms with van der Waals surface area (Å²) in [5.41, 5.74) is 0.399. The van der Waals surface area contributed by atoms with Crippen LogP contribution in [-0.2, 0) is 14.8 Å². The van der Waals surface area contributed by atoms with Crippen LogP contribution in [0.3, 0.4) is 0 Å². The van der Waals surface area contributed by atoms with Gasteiger partial charge in [-0.15, -0.1) is 11.3 Å². The minimum absolute atomic E-state index is 0.264. The van der Waals surface area contributed by atoms with E-state index in [0.29, 0.717) is 36.6 Å². The van der Waals surface area contributed by atoms with Crippen LogP contribution in [0.25, 0.3) is 0 Å². The number of ether oxygens (including phenoxy) is 1. The molecule has 1 saturated heterocycles. The third-order valence-corrected chi connectivity index (χ3v) is 5.69. The number of carbonyl (C=O) groups is 2. The van der Waals surface area contributed by atoms with Gasteiger partial charge in [0.25, 0.3) is 0 Å². The number of nitrogens with zero attached hydrogens (tertiary/aromatic N) is 2. The number of amides is 2. The van der Waals surface area contributed by atoms with Crippen LogP contribution in [0.2, 0.25) is 0 Å². The van der Waals surface area contributed by atoms with Gasteiger partial charge in [0.15, 0.2) is 0 Å². The lowest BCUT2D eigenvalue weighted by molar-refractivity contribution is 0.0607. The zero-order valence-electron chi connectivity index (χ0n) is 12.9. The fraction of sp³-hybridized carbons (Fsp3) is 0.538. The average molecular weight is 361 g/mol. The Kier molecular flexibility index (Phi) is 5.60. The predicted octanol–water partition coefficient (Wildman–Crippen LogP) is 1.03. The molecule has 2 amide bonds. The molecule has 1 aliphatic rings. The third kappa shape index (κ3) is 4.43. The molecule has 1 fully saturated rings. The molecule has 0 aliphatic carbocycles. The Balaban J connectivity index is 2.02. The fourth-order valence-electron chi connectivity index (χ4n) is 2.28. The molecule has 0 spiro atoms. The fourth-order valence-corrected chi connectivity index (χ4v) is 3.92. The van der Waals surface area contributed by atoms with Crippen LogP contribution in [0, 0.1) is 0 Å². The normalized spacial score (nSPS) is 16.7. The quantitative estimate of drug-likeness (QED) is 0.812. The Hall–Kier alpha value is -1.65. The molecule has 2 rings (SSSR count). The minimum Gasteiger partial charge on any atom is -0.465 e. The molecular weight excluding hydrogens is 342 g/mol. The molecule has 23 heavy (non-hydrogen) atoms. The average Bonchev–Trinajstić information content (AvgIpc) is 2.79. The van der Waals surface area contributed by atoms with Gasteiger partial charge < -0.3 is 15.0 Å². The molecule has 128 valence electrons. The molecule has 0 aromatic carbocycles. The van der Waals surface area contributed by atoms with Crippen molar-refractivity contribution >= 4 is 39.0 Å². The summed E-state index contributed by atoms with van der Waals surface area (Å²) in [7, 11) is -1.97. The lowest BCUT2D eigenvalue weighted by atomic mass is 10.3. The highest BCUT2D eigenvalue weighted by atomic mass is 32.2. The van der Waals surface area contributed by atoms with Crippen molar-refractivity contribution < 1.29 is 22.7 Å². The largest absolute Gasteiger partial charge is 0.465 e. The van der Waals surface area contributed by atoms with Crippen molar-refractivity contribution in [3.05, 3.63) is 16.3 Å². The molecule has 2 heterocycles. The first-order valence-corrected chi connectivity index (χ1v) is 9.72. The van der Waals surface area contributed by atoms with Crippen molar-refractivity contribution in [2.24, 2.45) is 0 Å². The van der Waals surface area contributed by atoms with Crippen molar-refractivity contribution in [2.45, 2.75) is 6.42 Å². The second-order valence-corrected chi connectivity index (χ2v) is 7.99. The summed E-state index contributed by atoms with van der Waals surface area (Å²) in [6, 6.07) is 1.28. The number of rotatable bonds is 3. The van der Waals surface area contributed by atoms with Crippen LogP contribution in [0.5, 0.6) is 0 Å². The van der Waals surface area contributed by atoms with Crippen LogP contribution >= 0.6 is 11.3 Å². The monoisotopic (exact) mass is 361 g/mol. The summed E-state index contributed by atoms with van der Waals surface area (Å²) in [5.74, 6) is -0.505. The molecule has 1 aliphatic heterocycles. The van der Waals surface area contributed by atoms with Crippen molar-refractivity contribution in [3.8, 4) is 0 Å². The maximum atomic E-state index is 12.3. The van der Waals surface area contributed by atoms with Crippen molar-refractivity contribution in [3.63, 3.8) is 0 Å². The molecular formula is C13H19N3O5S2. The van der Waals surface area contributed by atoms with Gasteiger partial charge in [-0.2, -0.15) is 0 Å². The second-order valence-electron chi connectivity index (χ2n) is 5.09. The first kappa shape index (κ1) is 17.7. The SMILES string of the molecule is COC(=O)c1sccc1NC(=O)N1CCCN(S(C)(=O)=O)CC1. The maximum Gasteiger partial charge on any atom is 0.350 e. The number of hydrogen-bond donors (Lipinski definition) is 1. The molecule has 0 bridgehead atoms. The summed E-state index contributed by atoms with van der Waals surface area (Å²) >= 11 is 1.18. The van der Waals surface area contributed by atoms with Crippen LogP contribution < -0.4 is 5.32 Å². The number of sulfonamides is 1. The molecule has 1 aromatic heterocycles. The maximum absolute atomic E-state index is 12.3. The highest BCUT2D eigenvalue weighted by Gasteiger charge is 2.25. The third-order valence-electron chi connectivity index (χ3n) is 3.49. The van der Waals surface area contributed by atoms with Gasteiger partial charge in [-0.1, -0.05) is 0 Å². The summed E-state index contributed by atoms with van der Waals surface area (Å²) < 4.78 is 29.2. The van der Waals surface area contributed by atoms with Gasteiger partial charge in [0, 0.05) is 26.2 Å². The number of anilines is 1. The summed E-state index contributed by atoms with van der Waals surface area (Å²) in [6.45, 7) is 1.42. The van der Waals surface area contributed by atoms with Gasteiger partial charge in [-0.25, -0.2) is 22.3 Å². The highest BCUT2D eigenvalue weighted by Crippen LogP contribution is 2.23. The van der Waals surface area contributed by atoms with Crippen molar-refractivity contribution in [1.82, 2.24) is 9.21 Å². The Bertz CT molecular complexity index is 686. The molecule has 10 heteroatoms. The number of nitrogens with one attached hydrogen (secondary N) is 1. The van der Waals surface area contributed by atoms with Crippen LogP contribution in [0.1, 0.15) is 16.1 Å². The van der Waals surface area contributed by atoms with Crippen LogP contribution in [0.4, 0.5) is 10.5 Å². The van der Waals surface area contributed by atoms with Gasteiger partial charge in [0.2, 0.25) is 10.0 Å². The summed E-state index contributed by atoms with van der Waals surface area (Å²) in [6.07, 6.45) is 1.73. The second kappa shape index (κ2) is 7.28. The lowest BCUT2D eigenvalue weighted by Crippen LogP contribution is -2.39. The van der Waals surface area contributed by atoms with E-state index in [9.17, 15) is 18.0 Å². The molecule has 0 unspecified atom stereocenters. The van der Waals surface area contributed by atoms with Gasteiger partial charge >= 0.3 is 12.0 Å². The standard InChI is InChI=1S/C13H19N3O5S2/c1-21-12(17)11-10(4-9-22-11)14-13(18)15-5-3-6-16(8-7-15)23(2,19)20/h4,9H,3,5-8H2,1-2H3,(H,14,18). The molecule has 1 N–H and O–H groups in total. The van der Waals surface area contributed by atoms with Gasteiger partial charge in [-0.3, -0.25) is 0 Å². The zero-order chi connectivity index (χ0) is 17.0. The van der Waals surface area contributed by atoms with Crippen molar-refractivity contribution in [2.75, 3.05) is 44.9 Å². The lowest BCUT2D eigenvalue weighted by Gasteiger charge is -2.21. The molecule has 1 aromatic rings. The predicted molar refractivity (Wildman–Crippen MR) is 87.3 cm³/mol. The van der Waals surface area contributed by atoms with E-state index in [4.69, 9.17) is 0 Å². The smallest absolute Gasteiger partial charge is 0.350 e. The number of urea groups is 1. The summed E-state index contributed by atoms with van der Waals surface area (Å²) in [4.78, 5) is 25.8. The van der Waals surface area contributed by atoms with E-state index in [-0.39, 0.29) is 12.6 Å². The topological polar surface area (TPSA) is 96.0 Å². The molecule has 0 saturated carbocycles. The minimum atomic E-state index is -3.25.